The van der Waals surface area contributed by atoms with Gasteiger partial charge in [0.05, 0.1) is 0 Å². The summed E-state index contributed by atoms with van der Waals surface area (Å²) in [6.07, 6.45) is 2.31. The third-order valence-corrected chi connectivity index (χ3v) is 2.81. The number of hydrogen-bond acceptors (Lipinski definition) is 1. The van der Waals surface area contributed by atoms with E-state index in [9.17, 15) is 0 Å². The predicted octanol–water partition coefficient (Wildman–Crippen LogP) is 3.12. The van der Waals surface area contributed by atoms with E-state index in [1.807, 2.05) is 0 Å². The minimum atomic E-state index is 0.983. The number of nitrogens with one attached hydrogen (secondary N) is 1. The largest absolute Gasteiger partial charge is 0.313 e. The Morgan fingerprint density at radius 2 is 1.79 bits per heavy atom. The van der Waals surface area contributed by atoms with Gasteiger partial charge in [0.25, 0.3) is 0 Å². The molecule has 0 unspecified atom stereocenters. The van der Waals surface area contributed by atoms with E-state index in [4.69, 9.17) is 0 Å². The van der Waals surface area contributed by atoms with Gasteiger partial charge in [-0.05, 0) is 30.5 Å². The molecule has 0 saturated carbocycles. The fourth-order valence-electron chi connectivity index (χ4n) is 1.32. The van der Waals surface area contributed by atoms with Gasteiger partial charge in [-0.1, -0.05) is 47.1 Å². The maximum atomic E-state index is 3.41. The molecule has 0 aliphatic carbocycles. The zero-order valence-electron chi connectivity index (χ0n) is 8.72. The van der Waals surface area contributed by atoms with Crippen LogP contribution in [0.5, 0.6) is 0 Å². The van der Waals surface area contributed by atoms with Crippen molar-refractivity contribution in [3.63, 3.8) is 0 Å². The second kappa shape index (κ2) is 7.02. The Morgan fingerprint density at radius 1 is 1.14 bits per heavy atom. The highest BCUT2D eigenvalue weighted by atomic mass is 79.9. The molecular weight excluding hydrogens is 238 g/mol. The van der Waals surface area contributed by atoms with E-state index in [-0.39, 0.29) is 0 Å². The molecular formula is C12H18BrN. The van der Waals surface area contributed by atoms with Gasteiger partial charge in [-0.15, -0.1) is 0 Å². The Kier molecular flexibility index (Phi) is 5.88. The average molecular weight is 256 g/mol. The van der Waals surface area contributed by atoms with Gasteiger partial charge in [0.15, 0.2) is 0 Å². The maximum absolute atomic E-state index is 3.41. The van der Waals surface area contributed by atoms with Crippen LogP contribution in [0.2, 0.25) is 0 Å². The van der Waals surface area contributed by atoms with E-state index in [0.717, 1.165) is 24.8 Å². The summed E-state index contributed by atoms with van der Waals surface area (Å²) in [6.45, 7) is 4.25. The molecule has 0 aromatic heterocycles. The highest BCUT2D eigenvalue weighted by Gasteiger charge is 1.92. The number of halogens is 1. The second-order valence-electron chi connectivity index (χ2n) is 3.39. The van der Waals surface area contributed by atoms with Crippen molar-refractivity contribution < 1.29 is 0 Å². The van der Waals surface area contributed by atoms with Gasteiger partial charge >= 0.3 is 0 Å². The van der Waals surface area contributed by atoms with Crippen LogP contribution >= 0.6 is 15.9 Å². The van der Waals surface area contributed by atoms with Crippen LogP contribution in [0.1, 0.15) is 24.5 Å². The normalized spacial score (nSPS) is 10.4. The summed E-state index contributed by atoms with van der Waals surface area (Å²) in [7, 11) is 0. The molecule has 0 aliphatic rings. The first-order valence-electron chi connectivity index (χ1n) is 5.21. The van der Waals surface area contributed by atoms with E-state index in [1.165, 1.54) is 17.5 Å². The molecule has 0 aliphatic heterocycles. The number of aryl methyl sites for hydroxylation is 1. The molecule has 1 aromatic carbocycles. The van der Waals surface area contributed by atoms with Gasteiger partial charge in [0.1, 0.15) is 0 Å². The SMILES string of the molecule is CCc1ccc(CNCCCBr)cc1. The van der Waals surface area contributed by atoms with Crippen LogP contribution < -0.4 is 5.32 Å². The first kappa shape index (κ1) is 11.7. The minimum absolute atomic E-state index is 0.983. The van der Waals surface area contributed by atoms with Gasteiger partial charge in [-0.2, -0.15) is 0 Å². The lowest BCUT2D eigenvalue weighted by Crippen LogP contribution is -2.14. The van der Waals surface area contributed by atoms with Gasteiger partial charge in [-0.25, -0.2) is 0 Å². The van der Waals surface area contributed by atoms with Gasteiger partial charge in [-0.3, -0.25) is 0 Å². The Balaban J connectivity index is 2.29. The molecule has 78 valence electrons. The van der Waals surface area contributed by atoms with Crippen molar-refractivity contribution in [1.29, 1.82) is 0 Å². The predicted molar refractivity (Wildman–Crippen MR) is 65.9 cm³/mol. The van der Waals surface area contributed by atoms with Crippen molar-refractivity contribution >= 4 is 15.9 Å². The van der Waals surface area contributed by atoms with Crippen molar-refractivity contribution in [3.8, 4) is 0 Å². The summed E-state index contributed by atoms with van der Waals surface area (Å²) in [5.41, 5.74) is 2.78. The van der Waals surface area contributed by atoms with Crippen LogP contribution in [0.4, 0.5) is 0 Å². The monoisotopic (exact) mass is 255 g/mol. The van der Waals surface area contributed by atoms with E-state index in [2.05, 4.69) is 52.4 Å². The highest BCUT2D eigenvalue weighted by Crippen LogP contribution is 2.04. The molecule has 1 N–H and O–H groups in total. The molecule has 0 spiro atoms. The molecule has 0 atom stereocenters. The summed E-state index contributed by atoms with van der Waals surface area (Å²) in [5.74, 6) is 0. The first-order chi connectivity index (χ1) is 6.86. The smallest absolute Gasteiger partial charge is 0.0205 e. The van der Waals surface area contributed by atoms with Crippen LogP contribution in [0, 0.1) is 0 Å². The molecule has 1 nitrogen and oxygen atoms in total. The van der Waals surface area contributed by atoms with Crippen molar-refractivity contribution in [1.82, 2.24) is 5.32 Å². The van der Waals surface area contributed by atoms with Crippen molar-refractivity contribution in [3.05, 3.63) is 35.4 Å². The van der Waals surface area contributed by atoms with Crippen LogP contribution in [0.3, 0.4) is 0 Å². The third kappa shape index (κ3) is 4.25. The van der Waals surface area contributed by atoms with Crippen molar-refractivity contribution in [2.75, 3.05) is 11.9 Å². The molecule has 0 heterocycles. The van der Waals surface area contributed by atoms with Crippen molar-refractivity contribution in [2.45, 2.75) is 26.3 Å². The Morgan fingerprint density at radius 3 is 2.36 bits per heavy atom. The lowest BCUT2D eigenvalue weighted by molar-refractivity contribution is 0.680. The van der Waals surface area contributed by atoms with E-state index in [1.54, 1.807) is 0 Å². The maximum Gasteiger partial charge on any atom is 0.0205 e. The topological polar surface area (TPSA) is 12.0 Å². The molecule has 1 aromatic rings. The summed E-state index contributed by atoms with van der Waals surface area (Å²) >= 11 is 3.41. The fourth-order valence-corrected chi connectivity index (χ4v) is 1.60. The summed E-state index contributed by atoms with van der Waals surface area (Å²) in [4.78, 5) is 0. The molecule has 0 fully saturated rings. The number of benzene rings is 1. The molecule has 0 amide bonds. The third-order valence-electron chi connectivity index (χ3n) is 2.25. The lowest BCUT2D eigenvalue weighted by Gasteiger charge is -2.04. The van der Waals surface area contributed by atoms with Gasteiger partial charge in [0.2, 0.25) is 0 Å². The van der Waals surface area contributed by atoms with Crippen molar-refractivity contribution in [2.24, 2.45) is 0 Å². The molecule has 2 heteroatoms. The second-order valence-corrected chi connectivity index (χ2v) is 4.18. The van der Waals surface area contributed by atoms with Gasteiger partial charge < -0.3 is 5.32 Å². The van der Waals surface area contributed by atoms with Crippen LogP contribution in [-0.2, 0) is 13.0 Å². The highest BCUT2D eigenvalue weighted by molar-refractivity contribution is 9.09. The Labute approximate surface area is 95.0 Å². The van der Waals surface area contributed by atoms with Gasteiger partial charge in [0, 0.05) is 11.9 Å². The fraction of sp³-hybridized carbons (Fsp3) is 0.500. The van der Waals surface area contributed by atoms with Crippen LogP contribution in [-0.4, -0.2) is 11.9 Å². The first-order valence-corrected chi connectivity index (χ1v) is 6.33. The summed E-state index contributed by atoms with van der Waals surface area (Å²) < 4.78 is 0. The summed E-state index contributed by atoms with van der Waals surface area (Å²) in [6, 6.07) is 8.84. The standard InChI is InChI=1S/C12H18BrN/c1-2-11-4-6-12(7-5-11)10-14-9-3-8-13/h4-7,14H,2-3,8-10H2,1H3. The number of hydrogen-bond donors (Lipinski definition) is 1. The van der Waals surface area contributed by atoms with E-state index in [0.29, 0.717) is 0 Å². The molecule has 14 heavy (non-hydrogen) atoms. The van der Waals surface area contributed by atoms with E-state index >= 15 is 0 Å². The zero-order valence-corrected chi connectivity index (χ0v) is 10.3. The summed E-state index contributed by atoms with van der Waals surface area (Å²) in [5, 5.41) is 4.49. The lowest BCUT2D eigenvalue weighted by atomic mass is 10.1. The minimum Gasteiger partial charge on any atom is -0.313 e. The average Bonchev–Trinajstić information content (AvgIpc) is 2.25. The number of rotatable bonds is 6. The van der Waals surface area contributed by atoms with E-state index < -0.39 is 0 Å². The molecule has 0 radical (unpaired) electrons. The Bertz CT molecular complexity index is 243. The quantitative estimate of drug-likeness (QED) is 0.609. The van der Waals surface area contributed by atoms with Crippen LogP contribution in [0.15, 0.2) is 24.3 Å². The molecule has 0 saturated heterocycles. The molecule has 1 rings (SSSR count). The zero-order chi connectivity index (χ0) is 10.2. The molecule has 0 bridgehead atoms. The Hall–Kier alpha value is -0.340. The van der Waals surface area contributed by atoms with Crippen LogP contribution in [0.25, 0.3) is 0 Å². The number of alkyl halides is 1.